The Morgan fingerprint density at radius 1 is 1.04 bits per heavy atom. The summed E-state index contributed by atoms with van der Waals surface area (Å²) in [7, 11) is 0. The lowest BCUT2D eigenvalue weighted by molar-refractivity contribution is -0.121. The first-order chi connectivity index (χ1) is 12.5. The number of carbonyl (C=O) groups is 2. The molecule has 7 heteroatoms. The Balaban J connectivity index is 1.93. The van der Waals surface area contributed by atoms with Gasteiger partial charge in [0, 0.05) is 34.9 Å². The van der Waals surface area contributed by atoms with Crippen LogP contribution in [0.1, 0.15) is 29.8 Å². The Kier molecular flexibility index (Phi) is 6.97. The number of rotatable bonds is 6. The van der Waals surface area contributed by atoms with Crippen molar-refractivity contribution in [1.29, 1.82) is 0 Å². The molecule has 0 aliphatic heterocycles. The molecule has 0 saturated heterocycles. The normalized spacial score (nSPS) is 10.3. The molecule has 0 aliphatic carbocycles. The summed E-state index contributed by atoms with van der Waals surface area (Å²) in [4.78, 5) is 26.2. The summed E-state index contributed by atoms with van der Waals surface area (Å²) < 4.78 is 13.7. The molecule has 0 heterocycles. The summed E-state index contributed by atoms with van der Waals surface area (Å²) >= 11 is 5.89. The Hall–Kier alpha value is -2.60. The molecular formula is C19H21ClFN3O2. The summed E-state index contributed by atoms with van der Waals surface area (Å²) in [6.07, 6.45) is -0.271. The number of hydrogen-bond donors (Lipinski definition) is 2. The van der Waals surface area contributed by atoms with Crippen molar-refractivity contribution in [3.63, 3.8) is 0 Å². The molecule has 0 spiro atoms. The molecule has 0 aromatic heterocycles. The van der Waals surface area contributed by atoms with Gasteiger partial charge in [-0.05, 0) is 50.2 Å². The van der Waals surface area contributed by atoms with Crippen LogP contribution in [-0.4, -0.2) is 24.9 Å². The highest BCUT2D eigenvalue weighted by Crippen LogP contribution is 2.19. The standard InChI is InChI=1S/C19H21ClFN3O2/c1-3-24(4-2)14-10-8-13(9-11-14)19(26)23-22-18(25)12-15-16(20)6-5-7-17(15)21/h5-11H,3-4,12H2,1-2H3,(H,22,25)(H,23,26). The minimum Gasteiger partial charge on any atom is -0.372 e. The van der Waals surface area contributed by atoms with Crippen molar-refractivity contribution in [3.05, 3.63) is 64.4 Å². The van der Waals surface area contributed by atoms with Gasteiger partial charge in [-0.3, -0.25) is 20.4 Å². The van der Waals surface area contributed by atoms with Gasteiger partial charge >= 0.3 is 0 Å². The first-order valence-corrected chi connectivity index (χ1v) is 8.71. The van der Waals surface area contributed by atoms with Gasteiger partial charge in [-0.1, -0.05) is 17.7 Å². The molecule has 2 aromatic carbocycles. The van der Waals surface area contributed by atoms with Crippen molar-refractivity contribution in [2.24, 2.45) is 0 Å². The molecule has 0 unspecified atom stereocenters. The van der Waals surface area contributed by atoms with E-state index in [1.807, 2.05) is 12.1 Å². The van der Waals surface area contributed by atoms with E-state index in [1.165, 1.54) is 18.2 Å². The first kappa shape index (κ1) is 19.7. The van der Waals surface area contributed by atoms with E-state index in [0.717, 1.165) is 18.8 Å². The van der Waals surface area contributed by atoms with Crippen LogP contribution in [-0.2, 0) is 11.2 Å². The van der Waals surface area contributed by atoms with E-state index >= 15 is 0 Å². The summed E-state index contributed by atoms with van der Waals surface area (Å²) in [5, 5.41) is 0.165. The second-order valence-electron chi connectivity index (χ2n) is 5.60. The Morgan fingerprint density at radius 3 is 2.27 bits per heavy atom. The SMILES string of the molecule is CCN(CC)c1ccc(C(=O)NNC(=O)Cc2c(F)cccc2Cl)cc1. The van der Waals surface area contributed by atoms with Crippen LogP contribution < -0.4 is 15.8 Å². The molecule has 0 saturated carbocycles. The van der Waals surface area contributed by atoms with Crippen LogP contribution in [0.15, 0.2) is 42.5 Å². The predicted molar refractivity (Wildman–Crippen MR) is 101 cm³/mol. The topological polar surface area (TPSA) is 61.4 Å². The van der Waals surface area contributed by atoms with Crippen LogP contribution in [0.3, 0.4) is 0 Å². The van der Waals surface area contributed by atoms with Gasteiger partial charge in [-0.25, -0.2) is 4.39 Å². The Bertz CT molecular complexity index is 757. The predicted octanol–water partition coefficient (Wildman–Crippen LogP) is 3.33. The van der Waals surface area contributed by atoms with E-state index in [4.69, 9.17) is 11.6 Å². The molecule has 0 aliphatic rings. The zero-order chi connectivity index (χ0) is 19.1. The van der Waals surface area contributed by atoms with Gasteiger partial charge in [0.05, 0.1) is 6.42 Å². The fraction of sp³-hybridized carbons (Fsp3) is 0.263. The summed E-state index contributed by atoms with van der Waals surface area (Å²) in [5.41, 5.74) is 6.10. The van der Waals surface area contributed by atoms with E-state index in [2.05, 4.69) is 29.6 Å². The minimum absolute atomic E-state index is 0.0875. The molecule has 2 amide bonds. The maximum Gasteiger partial charge on any atom is 0.269 e. The number of hydrogen-bond acceptors (Lipinski definition) is 3. The lowest BCUT2D eigenvalue weighted by atomic mass is 10.1. The molecule has 2 aromatic rings. The average molecular weight is 378 g/mol. The molecule has 138 valence electrons. The maximum atomic E-state index is 13.7. The molecule has 0 atom stereocenters. The number of carbonyl (C=O) groups excluding carboxylic acids is 2. The van der Waals surface area contributed by atoms with Gasteiger partial charge in [0.25, 0.3) is 5.91 Å². The fourth-order valence-corrected chi connectivity index (χ4v) is 2.75. The van der Waals surface area contributed by atoms with Crippen molar-refractivity contribution in [2.45, 2.75) is 20.3 Å². The largest absolute Gasteiger partial charge is 0.372 e. The van der Waals surface area contributed by atoms with E-state index in [1.54, 1.807) is 12.1 Å². The van der Waals surface area contributed by atoms with E-state index < -0.39 is 17.6 Å². The zero-order valence-corrected chi connectivity index (χ0v) is 15.4. The van der Waals surface area contributed by atoms with Crippen LogP contribution >= 0.6 is 11.6 Å². The number of amides is 2. The number of nitrogens with zero attached hydrogens (tertiary/aromatic N) is 1. The third-order valence-corrected chi connectivity index (χ3v) is 4.33. The van der Waals surface area contributed by atoms with Crippen LogP contribution in [0.2, 0.25) is 5.02 Å². The van der Waals surface area contributed by atoms with Gasteiger partial charge in [0.15, 0.2) is 0 Å². The van der Waals surface area contributed by atoms with Crippen molar-refractivity contribution >= 4 is 29.1 Å². The number of halogens is 2. The number of hydrazine groups is 1. The van der Waals surface area contributed by atoms with Crippen molar-refractivity contribution in [2.75, 3.05) is 18.0 Å². The minimum atomic E-state index is -0.565. The maximum absolute atomic E-state index is 13.7. The van der Waals surface area contributed by atoms with Gasteiger partial charge in [0.2, 0.25) is 5.91 Å². The lowest BCUT2D eigenvalue weighted by Gasteiger charge is -2.21. The highest BCUT2D eigenvalue weighted by molar-refractivity contribution is 6.31. The summed E-state index contributed by atoms with van der Waals surface area (Å²) in [6, 6.07) is 11.3. The monoisotopic (exact) mass is 377 g/mol. The smallest absolute Gasteiger partial charge is 0.269 e. The van der Waals surface area contributed by atoms with Crippen molar-refractivity contribution < 1.29 is 14.0 Å². The fourth-order valence-electron chi connectivity index (χ4n) is 2.52. The van der Waals surface area contributed by atoms with Gasteiger partial charge < -0.3 is 4.90 Å². The quantitative estimate of drug-likeness (QED) is 0.759. The average Bonchev–Trinajstić information content (AvgIpc) is 2.64. The lowest BCUT2D eigenvalue weighted by Crippen LogP contribution is -2.42. The highest BCUT2D eigenvalue weighted by atomic mass is 35.5. The van der Waals surface area contributed by atoms with E-state index in [-0.39, 0.29) is 17.0 Å². The van der Waals surface area contributed by atoms with Gasteiger partial charge in [0.1, 0.15) is 5.82 Å². The zero-order valence-electron chi connectivity index (χ0n) is 14.7. The number of anilines is 1. The summed E-state index contributed by atoms with van der Waals surface area (Å²) in [6.45, 7) is 5.86. The Labute approximate surface area is 157 Å². The number of nitrogens with one attached hydrogen (secondary N) is 2. The number of benzene rings is 2. The molecule has 0 fully saturated rings. The van der Waals surface area contributed by atoms with Crippen LogP contribution in [0.5, 0.6) is 0 Å². The van der Waals surface area contributed by atoms with Crippen LogP contribution in [0.4, 0.5) is 10.1 Å². The first-order valence-electron chi connectivity index (χ1n) is 8.33. The molecule has 0 bridgehead atoms. The third kappa shape index (κ3) is 4.95. The molecule has 2 N–H and O–H groups in total. The molecule has 0 radical (unpaired) electrons. The van der Waals surface area contributed by atoms with Gasteiger partial charge in [-0.15, -0.1) is 0 Å². The van der Waals surface area contributed by atoms with Gasteiger partial charge in [-0.2, -0.15) is 0 Å². The third-order valence-electron chi connectivity index (χ3n) is 3.97. The van der Waals surface area contributed by atoms with E-state index in [9.17, 15) is 14.0 Å². The Morgan fingerprint density at radius 2 is 1.69 bits per heavy atom. The molecular weight excluding hydrogens is 357 g/mol. The second-order valence-corrected chi connectivity index (χ2v) is 6.01. The van der Waals surface area contributed by atoms with Crippen molar-refractivity contribution in [3.8, 4) is 0 Å². The van der Waals surface area contributed by atoms with Crippen molar-refractivity contribution in [1.82, 2.24) is 10.9 Å². The molecule has 2 rings (SSSR count). The summed E-state index contributed by atoms with van der Waals surface area (Å²) in [5.74, 6) is -1.58. The second kappa shape index (κ2) is 9.20. The molecule has 5 nitrogen and oxygen atoms in total. The highest BCUT2D eigenvalue weighted by Gasteiger charge is 2.13. The molecule has 26 heavy (non-hydrogen) atoms. The van der Waals surface area contributed by atoms with Crippen LogP contribution in [0.25, 0.3) is 0 Å². The van der Waals surface area contributed by atoms with Crippen LogP contribution in [0, 0.1) is 5.82 Å². The van der Waals surface area contributed by atoms with E-state index in [0.29, 0.717) is 5.56 Å².